The summed E-state index contributed by atoms with van der Waals surface area (Å²) in [7, 11) is 0. The number of hydrogen-bond donors (Lipinski definition) is 7. The molecule has 0 spiro atoms. The largest absolute Gasteiger partial charge is 0.478 e. The fourth-order valence-electron chi connectivity index (χ4n) is 3.60. The van der Waals surface area contributed by atoms with Gasteiger partial charge in [0.25, 0.3) is 0 Å². The smallest absolute Gasteiger partial charge is 0.335 e. The van der Waals surface area contributed by atoms with E-state index in [0.29, 0.717) is 0 Å². The molecule has 0 aromatic carbocycles. The molecule has 11 heteroatoms. The van der Waals surface area contributed by atoms with Crippen LogP contribution in [0, 0.1) is 11.8 Å². The average molecular weight is 390 g/mol. The van der Waals surface area contributed by atoms with Crippen molar-refractivity contribution in [3.8, 4) is 0 Å². The van der Waals surface area contributed by atoms with E-state index in [2.05, 4.69) is 0 Å². The number of carboxylic acid groups (broad SMARTS) is 1. The maximum atomic E-state index is 11.4. The summed E-state index contributed by atoms with van der Waals surface area (Å²) in [5.41, 5.74) is -2.01. The highest BCUT2D eigenvalue weighted by molar-refractivity contribution is 5.87. The van der Waals surface area contributed by atoms with E-state index in [1.165, 1.54) is 12.2 Å². The first-order valence-electron chi connectivity index (χ1n) is 8.31. The molecule has 2 aliphatic heterocycles. The molecule has 27 heavy (non-hydrogen) atoms. The highest BCUT2D eigenvalue weighted by Crippen LogP contribution is 2.45. The van der Waals surface area contributed by atoms with Crippen LogP contribution in [-0.4, -0.2) is 97.5 Å². The van der Waals surface area contributed by atoms with Gasteiger partial charge in [0.1, 0.15) is 30.0 Å². The standard InChI is InChI=1S/C16H22O11/c17-3-8-10(19)11(20)12(21)15(26-8)27-14-9-6(1-2-16(9,24)5-18)7(4-25-14)13(22)23/h1-2,4,6,8-12,14-15,17-21,24H,3,5H2,(H,22,23)/t6-,8-,9-,10-,11+,12-,14-,15+,16+/m1/s1. The van der Waals surface area contributed by atoms with E-state index in [1.807, 2.05) is 0 Å². The summed E-state index contributed by atoms with van der Waals surface area (Å²) in [6.07, 6.45) is -5.48. The van der Waals surface area contributed by atoms with Crippen LogP contribution in [0.5, 0.6) is 0 Å². The van der Waals surface area contributed by atoms with Crippen molar-refractivity contribution in [2.24, 2.45) is 11.8 Å². The maximum absolute atomic E-state index is 11.4. The third kappa shape index (κ3) is 3.37. The SMILES string of the molecule is O=C(O)C1=CO[C@H](O[C@@H]2O[C@H](CO)[C@@H](O)[C@H](O)[C@H]2O)[C@H]2[C@@H]1C=C[C@]2(O)CO. The minimum atomic E-state index is -1.85. The minimum absolute atomic E-state index is 0.158. The second-order valence-corrected chi connectivity index (χ2v) is 6.78. The molecule has 1 aliphatic carbocycles. The van der Waals surface area contributed by atoms with E-state index < -0.39 is 73.6 Å². The summed E-state index contributed by atoms with van der Waals surface area (Å²) in [6.45, 7) is -1.40. The van der Waals surface area contributed by atoms with Gasteiger partial charge in [-0.05, 0) is 0 Å². The molecule has 0 radical (unpaired) electrons. The van der Waals surface area contributed by atoms with Crippen LogP contribution in [0.1, 0.15) is 0 Å². The molecule has 7 N–H and O–H groups in total. The summed E-state index contributed by atoms with van der Waals surface area (Å²) >= 11 is 0. The third-order valence-electron chi connectivity index (χ3n) is 5.15. The molecule has 152 valence electrons. The number of carboxylic acids is 1. The normalized spacial score (nSPS) is 46.5. The first-order chi connectivity index (χ1) is 12.7. The lowest BCUT2D eigenvalue weighted by molar-refractivity contribution is -0.346. The zero-order chi connectivity index (χ0) is 19.9. The number of rotatable bonds is 5. The fraction of sp³-hybridized carbons (Fsp3) is 0.688. The fourth-order valence-corrected chi connectivity index (χ4v) is 3.60. The van der Waals surface area contributed by atoms with Crippen LogP contribution >= 0.6 is 0 Å². The number of ether oxygens (including phenoxy) is 3. The Balaban J connectivity index is 1.84. The van der Waals surface area contributed by atoms with E-state index in [0.717, 1.165) is 6.26 Å². The molecule has 2 heterocycles. The minimum Gasteiger partial charge on any atom is -0.478 e. The number of fused-ring (bicyclic) bond motifs is 1. The second kappa shape index (κ2) is 7.45. The number of carbonyl (C=O) groups is 1. The van der Waals surface area contributed by atoms with Crippen LogP contribution in [0.4, 0.5) is 0 Å². The van der Waals surface area contributed by atoms with Gasteiger partial charge in [0.2, 0.25) is 6.29 Å². The van der Waals surface area contributed by atoms with Crippen LogP contribution in [0.25, 0.3) is 0 Å². The van der Waals surface area contributed by atoms with Gasteiger partial charge in [-0.15, -0.1) is 0 Å². The first-order valence-corrected chi connectivity index (χ1v) is 8.31. The van der Waals surface area contributed by atoms with Crippen LogP contribution in [0.15, 0.2) is 24.0 Å². The van der Waals surface area contributed by atoms with Crippen molar-refractivity contribution in [3.63, 3.8) is 0 Å². The van der Waals surface area contributed by atoms with Crippen LogP contribution in [0.2, 0.25) is 0 Å². The highest BCUT2D eigenvalue weighted by atomic mass is 16.8. The lowest BCUT2D eigenvalue weighted by Gasteiger charge is -2.44. The maximum Gasteiger partial charge on any atom is 0.335 e. The number of hydrogen-bond acceptors (Lipinski definition) is 10. The van der Waals surface area contributed by atoms with Gasteiger partial charge in [-0.2, -0.15) is 0 Å². The van der Waals surface area contributed by atoms with Gasteiger partial charge in [0.15, 0.2) is 6.29 Å². The molecule has 11 nitrogen and oxygen atoms in total. The predicted octanol–water partition coefficient (Wildman–Crippen LogP) is -3.35. The van der Waals surface area contributed by atoms with Crippen LogP contribution < -0.4 is 0 Å². The molecule has 0 bridgehead atoms. The van der Waals surface area contributed by atoms with Gasteiger partial charge < -0.3 is 50.0 Å². The molecular weight excluding hydrogens is 368 g/mol. The number of aliphatic hydroxyl groups is 6. The lowest BCUT2D eigenvalue weighted by Crippen LogP contribution is -2.61. The second-order valence-electron chi connectivity index (χ2n) is 6.78. The first kappa shape index (κ1) is 20.2. The molecule has 0 aromatic heterocycles. The van der Waals surface area contributed by atoms with E-state index in [1.54, 1.807) is 0 Å². The summed E-state index contributed by atoms with van der Waals surface area (Å²) in [4.78, 5) is 11.4. The Bertz CT molecular complexity index is 632. The van der Waals surface area contributed by atoms with Crippen molar-refractivity contribution >= 4 is 5.97 Å². The summed E-state index contributed by atoms with van der Waals surface area (Å²) < 4.78 is 16.0. The molecular formula is C16H22O11. The van der Waals surface area contributed by atoms with Crippen LogP contribution in [0.3, 0.4) is 0 Å². The third-order valence-corrected chi connectivity index (χ3v) is 5.15. The Labute approximate surface area is 153 Å². The van der Waals surface area contributed by atoms with Crippen molar-refractivity contribution in [1.82, 2.24) is 0 Å². The van der Waals surface area contributed by atoms with E-state index >= 15 is 0 Å². The quantitative estimate of drug-likeness (QED) is 0.233. The van der Waals surface area contributed by atoms with Crippen molar-refractivity contribution in [1.29, 1.82) is 0 Å². The molecule has 0 amide bonds. The van der Waals surface area contributed by atoms with Crippen molar-refractivity contribution < 1.29 is 54.8 Å². The topological polar surface area (TPSA) is 186 Å². The Morgan fingerprint density at radius 2 is 1.85 bits per heavy atom. The zero-order valence-corrected chi connectivity index (χ0v) is 14.0. The van der Waals surface area contributed by atoms with Crippen molar-refractivity contribution in [2.45, 2.75) is 42.6 Å². The van der Waals surface area contributed by atoms with Gasteiger partial charge in [0.05, 0.1) is 31.0 Å². The summed E-state index contributed by atoms with van der Waals surface area (Å²) in [6, 6.07) is 0. The Morgan fingerprint density at radius 1 is 1.15 bits per heavy atom. The van der Waals surface area contributed by atoms with Gasteiger partial charge >= 0.3 is 5.97 Å². The molecule has 0 unspecified atom stereocenters. The number of aliphatic carboxylic acids is 1. The van der Waals surface area contributed by atoms with Gasteiger partial charge in [0, 0.05) is 5.92 Å². The Hall–Kier alpha value is -1.57. The summed E-state index contributed by atoms with van der Waals surface area (Å²) in [5.74, 6) is -3.20. The van der Waals surface area contributed by atoms with Crippen molar-refractivity contribution in [3.05, 3.63) is 24.0 Å². The van der Waals surface area contributed by atoms with Gasteiger partial charge in [-0.3, -0.25) is 0 Å². The highest BCUT2D eigenvalue weighted by Gasteiger charge is 2.55. The van der Waals surface area contributed by atoms with E-state index in [9.17, 15) is 40.5 Å². The molecule has 1 fully saturated rings. The Kier molecular flexibility index (Phi) is 5.57. The monoisotopic (exact) mass is 390 g/mol. The van der Waals surface area contributed by atoms with E-state index in [4.69, 9.17) is 14.2 Å². The van der Waals surface area contributed by atoms with Crippen molar-refractivity contribution in [2.75, 3.05) is 13.2 Å². The molecule has 9 atom stereocenters. The van der Waals surface area contributed by atoms with E-state index in [-0.39, 0.29) is 5.57 Å². The predicted molar refractivity (Wildman–Crippen MR) is 83.6 cm³/mol. The molecule has 3 aliphatic rings. The summed E-state index contributed by atoms with van der Waals surface area (Å²) in [5, 5.41) is 68.4. The lowest BCUT2D eigenvalue weighted by atomic mass is 9.79. The Morgan fingerprint density at radius 3 is 2.44 bits per heavy atom. The zero-order valence-electron chi connectivity index (χ0n) is 14.0. The van der Waals surface area contributed by atoms with Crippen LogP contribution in [-0.2, 0) is 19.0 Å². The molecule has 3 rings (SSSR count). The average Bonchev–Trinajstić information content (AvgIpc) is 3.01. The van der Waals surface area contributed by atoms with Gasteiger partial charge in [-0.1, -0.05) is 12.2 Å². The van der Waals surface area contributed by atoms with Gasteiger partial charge in [-0.25, -0.2) is 4.79 Å². The molecule has 1 saturated heterocycles. The number of allylic oxidation sites excluding steroid dienone is 1. The number of aliphatic hydroxyl groups excluding tert-OH is 5. The molecule has 0 aromatic rings. The molecule has 0 saturated carbocycles.